The summed E-state index contributed by atoms with van der Waals surface area (Å²) in [4.78, 5) is 38.7. The van der Waals surface area contributed by atoms with Crippen LogP contribution in [0, 0.1) is 0 Å². The summed E-state index contributed by atoms with van der Waals surface area (Å²) in [5.41, 5.74) is -0.160. The van der Waals surface area contributed by atoms with Crippen molar-refractivity contribution in [1.82, 2.24) is 15.1 Å². The molecule has 0 spiro atoms. The summed E-state index contributed by atoms with van der Waals surface area (Å²) in [5, 5.41) is 2.38. The zero-order chi connectivity index (χ0) is 23.2. The summed E-state index contributed by atoms with van der Waals surface area (Å²) in [6, 6.07) is 8.79. The van der Waals surface area contributed by atoms with Gasteiger partial charge in [-0.1, -0.05) is 30.3 Å². The van der Waals surface area contributed by atoms with Crippen LogP contribution in [0.25, 0.3) is 0 Å². The van der Waals surface area contributed by atoms with Gasteiger partial charge in [0.1, 0.15) is 24.9 Å². The maximum atomic E-state index is 12.9. The standard InChI is InChI=1S/C20H26F3N3O5/c1-19(2,3)31-17(28)24-15-11-25(13-20(21,22)23)16(27)9-10-26(15)18(29)30-12-14-7-5-4-6-8-14/h4-8,15H,9-13H2,1-3H3,(H,24,28). The second kappa shape index (κ2) is 9.88. The summed E-state index contributed by atoms with van der Waals surface area (Å²) >= 11 is 0. The fraction of sp³-hybridized carbons (Fsp3) is 0.550. The third kappa shape index (κ3) is 8.35. The Bertz CT molecular complexity index is 781. The molecule has 1 fully saturated rings. The number of hydrogen-bond acceptors (Lipinski definition) is 5. The van der Waals surface area contributed by atoms with E-state index in [0.29, 0.717) is 10.5 Å². The first kappa shape index (κ1) is 24.3. The highest BCUT2D eigenvalue weighted by Gasteiger charge is 2.39. The fourth-order valence-corrected chi connectivity index (χ4v) is 2.90. The Morgan fingerprint density at radius 1 is 1.16 bits per heavy atom. The van der Waals surface area contributed by atoms with Crippen molar-refractivity contribution in [2.75, 3.05) is 19.6 Å². The zero-order valence-electron chi connectivity index (χ0n) is 17.6. The molecule has 0 aromatic heterocycles. The molecular formula is C20H26F3N3O5. The Labute approximate surface area is 178 Å². The van der Waals surface area contributed by atoms with E-state index >= 15 is 0 Å². The molecule has 0 bridgehead atoms. The SMILES string of the molecule is CC(C)(C)OC(=O)NC1CN(CC(F)(F)F)C(=O)CCN1C(=O)OCc1ccccc1. The molecule has 2 rings (SSSR count). The molecule has 1 aromatic carbocycles. The van der Waals surface area contributed by atoms with Gasteiger partial charge in [-0.3, -0.25) is 15.0 Å². The predicted molar refractivity (Wildman–Crippen MR) is 104 cm³/mol. The topological polar surface area (TPSA) is 88.2 Å². The van der Waals surface area contributed by atoms with Gasteiger partial charge in [0.25, 0.3) is 0 Å². The van der Waals surface area contributed by atoms with Crippen molar-refractivity contribution in [2.24, 2.45) is 0 Å². The lowest BCUT2D eigenvalue weighted by Gasteiger charge is -2.32. The Balaban J connectivity index is 2.17. The van der Waals surface area contributed by atoms with Crippen LogP contribution in [0.4, 0.5) is 22.8 Å². The third-order valence-corrected chi connectivity index (χ3v) is 4.18. The Kier molecular flexibility index (Phi) is 7.75. The van der Waals surface area contributed by atoms with Crippen molar-refractivity contribution >= 4 is 18.1 Å². The summed E-state index contributed by atoms with van der Waals surface area (Å²) in [5.74, 6) is -0.785. The minimum atomic E-state index is -4.63. The van der Waals surface area contributed by atoms with Gasteiger partial charge in [0.15, 0.2) is 0 Å². The minimum Gasteiger partial charge on any atom is -0.444 e. The average Bonchev–Trinajstić information content (AvgIpc) is 2.77. The highest BCUT2D eigenvalue weighted by molar-refractivity contribution is 5.79. The van der Waals surface area contributed by atoms with Crippen LogP contribution in [0.15, 0.2) is 30.3 Å². The Hall–Kier alpha value is -2.98. The number of rotatable bonds is 4. The molecule has 1 aliphatic heterocycles. The quantitative estimate of drug-likeness (QED) is 0.769. The average molecular weight is 445 g/mol. The van der Waals surface area contributed by atoms with Crippen LogP contribution in [-0.2, 0) is 20.9 Å². The van der Waals surface area contributed by atoms with Crippen LogP contribution in [-0.4, -0.2) is 65.5 Å². The summed E-state index contributed by atoms with van der Waals surface area (Å²) in [6.45, 7) is 2.50. The molecule has 1 N–H and O–H groups in total. The number of nitrogens with one attached hydrogen (secondary N) is 1. The lowest BCUT2D eigenvalue weighted by molar-refractivity contribution is -0.161. The van der Waals surface area contributed by atoms with E-state index in [2.05, 4.69) is 5.32 Å². The van der Waals surface area contributed by atoms with Gasteiger partial charge in [0.05, 0.1) is 6.54 Å². The molecule has 1 atom stereocenters. The third-order valence-electron chi connectivity index (χ3n) is 4.18. The second-order valence-electron chi connectivity index (χ2n) is 8.04. The van der Waals surface area contributed by atoms with E-state index < -0.39 is 49.1 Å². The van der Waals surface area contributed by atoms with E-state index in [-0.39, 0.29) is 19.6 Å². The number of carbonyl (C=O) groups excluding carboxylic acids is 3. The molecule has 1 aliphatic rings. The van der Waals surface area contributed by atoms with E-state index in [1.54, 1.807) is 51.1 Å². The van der Waals surface area contributed by atoms with Crippen molar-refractivity contribution in [2.45, 2.75) is 51.7 Å². The minimum absolute atomic E-state index is 0.0739. The number of ether oxygens (including phenoxy) is 2. The number of amides is 3. The largest absolute Gasteiger partial charge is 0.444 e. The number of benzene rings is 1. The predicted octanol–water partition coefficient (Wildman–Crippen LogP) is 3.27. The molecule has 0 radical (unpaired) electrons. The molecule has 8 nitrogen and oxygen atoms in total. The Morgan fingerprint density at radius 3 is 2.39 bits per heavy atom. The van der Waals surface area contributed by atoms with Crippen molar-refractivity contribution in [3.8, 4) is 0 Å². The Morgan fingerprint density at radius 2 is 1.81 bits per heavy atom. The van der Waals surface area contributed by atoms with Crippen LogP contribution in [0.5, 0.6) is 0 Å². The molecule has 0 saturated carbocycles. The summed E-state index contributed by atoms with van der Waals surface area (Å²) in [6.07, 6.45) is -8.03. The van der Waals surface area contributed by atoms with Crippen LogP contribution in [0.3, 0.4) is 0 Å². The van der Waals surface area contributed by atoms with Gasteiger partial charge >= 0.3 is 18.4 Å². The van der Waals surface area contributed by atoms with Crippen molar-refractivity contribution in [3.63, 3.8) is 0 Å². The molecule has 1 saturated heterocycles. The smallest absolute Gasteiger partial charge is 0.411 e. The molecule has 31 heavy (non-hydrogen) atoms. The maximum absolute atomic E-state index is 12.9. The number of hydrogen-bond donors (Lipinski definition) is 1. The molecule has 11 heteroatoms. The van der Waals surface area contributed by atoms with Gasteiger partial charge in [-0.15, -0.1) is 0 Å². The monoisotopic (exact) mass is 445 g/mol. The second-order valence-corrected chi connectivity index (χ2v) is 8.04. The normalized spacial score (nSPS) is 17.7. The summed E-state index contributed by atoms with van der Waals surface area (Å²) in [7, 11) is 0. The van der Waals surface area contributed by atoms with Gasteiger partial charge in [-0.2, -0.15) is 13.2 Å². The van der Waals surface area contributed by atoms with Crippen molar-refractivity contribution < 1.29 is 37.0 Å². The number of alkyl halides is 3. The van der Waals surface area contributed by atoms with Crippen molar-refractivity contribution in [1.29, 1.82) is 0 Å². The highest BCUT2D eigenvalue weighted by atomic mass is 19.4. The highest BCUT2D eigenvalue weighted by Crippen LogP contribution is 2.20. The first-order valence-corrected chi connectivity index (χ1v) is 9.65. The van der Waals surface area contributed by atoms with E-state index in [1.807, 2.05) is 0 Å². The van der Waals surface area contributed by atoms with E-state index in [0.717, 1.165) is 4.90 Å². The lowest BCUT2D eigenvalue weighted by Crippen LogP contribution is -2.56. The molecule has 3 amide bonds. The van der Waals surface area contributed by atoms with Gasteiger partial charge in [0, 0.05) is 13.0 Å². The van der Waals surface area contributed by atoms with Gasteiger partial charge in [0.2, 0.25) is 5.91 Å². The number of nitrogens with zero attached hydrogens (tertiary/aromatic N) is 2. The molecule has 1 unspecified atom stereocenters. The molecule has 1 heterocycles. The van der Waals surface area contributed by atoms with E-state index in [9.17, 15) is 27.6 Å². The fourth-order valence-electron chi connectivity index (χ4n) is 2.90. The number of carbonyl (C=O) groups is 3. The van der Waals surface area contributed by atoms with Crippen molar-refractivity contribution in [3.05, 3.63) is 35.9 Å². The first-order valence-electron chi connectivity index (χ1n) is 9.65. The molecular weight excluding hydrogens is 419 g/mol. The number of alkyl carbamates (subject to hydrolysis) is 1. The first-order chi connectivity index (χ1) is 14.3. The summed E-state index contributed by atoms with van der Waals surface area (Å²) < 4.78 is 49.1. The maximum Gasteiger partial charge on any atom is 0.411 e. The van der Waals surface area contributed by atoms with Gasteiger partial charge in [-0.25, -0.2) is 9.59 Å². The van der Waals surface area contributed by atoms with Crippen LogP contribution in [0.1, 0.15) is 32.8 Å². The molecule has 0 aliphatic carbocycles. The lowest BCUT2D eigenvalue weighted by atomic mass is 10.2. The van der Waals surface area contributed by atoms with Crippen LogP contribution in [0.2, 0.25) is 0 Å². The van der Waals surface area contributed by atoms with Crippen LogP contribution < -0.4 is 5.32 Å². The molecule has 1 aromatic rings. The molecule has 172 valence electrons. The zero-order valence-corrected chi connectivity index (χ0v) is 17.6. The van der Waals surface area contributed by atoms with Gasteiger partial charge in [-0.05, 0) is 26.3 Å². The van der Waals surface area contributed by atoms with Crippen LogP contribution >= 0.6 is 0 Å². The number of halogens is 3. The van der Waals surface area contributed by atoms with Gasteiger partial charge < -0.3 is 14.4 Å². The van der Waals surface area contributed by atoms with E-state index in [1.165, 1.54) is 0 Å². The van der Waals surface area contributed by atoms with E-state index in [4.69, 9.17) is 9.47 Å².